The molecular weight excluding hydrogens is 488 g/mol. The monoisotopic (exact) mass is 524 g/mol. The first-order chi connectivity index (χ1) is 18.9. The number of hydrogen-bond acceptors (Lipinski definition) is 6. The van der Waals surface area contributed by atoms with Gasteiger partial charge in [-0.15, -0.1) is 0 Å². The van der Waals surface area contributed by atoms with E-state index in [0.717, 1.165) is 65.2 Å². The van der Waals surface area contributed by atoms with Crippen molar-refractivity contribution in [1.82, 2.24) is 0 Å². The molecule has 0 heterocycles. The average Bonchev–Trinajstić information content (AvgIpc) is 2.94. The maximum atomic E-state index is 11.3. The third-order valence-corrected chi connectivity index (χ3v) is 5.71. The van der Waals surface area contributed by atoms with Crippen LogP contribution in [0.5, 0.6) is 11.5 Å². The number of hydrogen-bond donors (Lipinski definition) is 0. The van der Waals surface area contributed by atoms with Crippen molar-refractivity contribution in [1.29, 1.82) is 0 Å². The van der Waals surface area contributed by atoms with Crippen LogP contribution in [0.15, 0.2) is 89.1 Å². The van der Waals surface area contributed by atoms with Crippen molar-refractivity contribution in [2.45, 2.75) is 46.5 Å². The second-order valence-corrected chi connectivity index (χ2v) is 9.08. The first-order valence-electron chi connectivity index (χ1n) is 13.3. The van der Waals surface area contributed by atoms with Gasteiger partial charge in [0.1, 0.15) is 11.5 Å². The summed E-state index contributed by atoms with van der Waals surface area (Å²) in [6.45, 7) is 10.9. The number of azo groups is 1. The van der Waals surface area contributed by atoms with E-state index in [2.05, 4.69) is 28.6 Å². The molecule has 3 aromatic rings. The zero-order valence-corrected chi connectivity index (χ0v) is 23.0. The Labute approximate surface area is 231 Å². The van der Waals surface area contributed by atoms with Gasteiger partial charge in [-0.3, -0.25) is 0 Å². The number of nitrogens with zero attached hydrogens (tertiary/aromatic N) is 2. The van der Waals surface area contributed by atoms with Crippen LogP contribution in [0.1, 0.15) is 56.2 Å². The van der Waals surface area contributed by atoms with Gasteiger partial charge in [0.15, 0.2) is 0 Å². The molecule has 0 aliphatic heterocycles. The van der Waals surface area contributed by atoms with E-state index in [-0.39, 0.29) is 5.97 Å². The fraction of sp³-hybridized carbons (Fsp3) is 0.303. The molecule has 0 aliphatic carbocycles. The zero-order valence-electron chi connectivity index (χ0n) is 23.0. The van der Waals surface area contributed by atoms with Gasteiger partial charge in [0.25, 0.3) is 0 Å². The van der Waals surface area contributed by atoms with E-state index in [0.29, 0.717) is 25.4 Å². The summed E-state index contributed by atoms with van der Waals surface area (Å²) in [6, 6.07) is 21.3. The normalized spacial score (nSPS) is 10.5. The van der Waals surface area contributed by atoms with Crippen LogP contribution in [0, 0.1) is 18.8 Å². The van der Waals surface area contributed by atoms with E-state index in [1.165, 1.54) is 0 Å². The molecule has 6 heteroatoms. The SMILES string of the molecule is C=C(C)C(=O)OCCCCCCOc1ccc(C#Cc2ccc(N=Nc3ccc(OCC)cc3)c(C)c2)cc1. The highest BCUT2D eigenvalue weighted by Crippen LogP contribution is 2.24. The van der Waals surface area contributed by atoms with Gasteiger partial charge < -0.3 is 14.2 Å². The van der Waals surface area contributed by atoms with Crippen molar-refractivity contribution < 1.29 is 19.0 Å². The van der Waals surface area contributed by atoms with Crippen LogP contribution in [-0.2, 0) is 9.53 Å². The van der Waals surface area contributed by atoms with Gasteiger partial charge in [0, 0.05) is 16.7 Å². The van der Waals surface area contributed by atoms with Crippen LogP contribution >= 0.6 is 0 Å². The van der Waals surface area contributed by atoms with Crippen LogP contribution in [0.25, 0.3) is 0 Å². The van der Waals surface area contributed by atoms with Gasteiger partial charge in [-0.2, -0.15) is 10.2 Å². The fourth-order valence-corrected chi connectivity index (χ4v) is 3.55. The van der Waals surface area contributed by atoms with Crippen LogP contribution in [0.2, 0.25) is 0 Å². The Balaban J connectivity index is 1.42. The van der Waals surface area contributed by atoms with Crippen LogP contribution in [0.4, 0.5) is 11.4 Å². The van der Waals surface area contributed by atoms with E-state index in [4.69, 9.17) is 14.2 Å². The molecule has 202 valence electrons. The molecular formula is C33H36N2O4. The summed E-state index contributed by atoms with van der Waals surface area (Å²) in [5.41, 5.74) is 4.86. The van der Waals surface area contributed by atoms with E-state index >= 15 is 0 Å². The van der Waals surface area contributed by atoms with Crippen LogP contribution in [-0.4, -0.2) is 25.8 Å². The lowest BCUT2D eigenvalue weighted by Crippen LogP contribution is -2.06. The minimum atomic E-state index is -0.321. The first kappa shape index (κ1) is 29.2. The Morgan fingerprint density at radius 1 is 0.795 bits per heavy atom. The quantitative estimate of drug-likeness (QED) is 0.0742. The van der Waals surface area contributed by atoms with Crippen molar-refractivity contribution in [3.05, 3.63) is 95.6 Å². The Bertz CT molecular complexity index is 1320. The highest BCUT2D eigenvalue weighted by atomic mass is 16.5. The van der Waals surface area contributed by atoms with Gasteiger partial charge in [-0.05, 0) is 119 Å². The second-order valence-electron chi connectivity index (χ2n) is 9.08. The van der Waals surface area contributed by atoms with Gasteiger partial charge in [-0.25, -0.2) is 4.79 Å². The lowest BCUT2D eigenvalue weighted by Gasteiger charge is -2.07. The number of carbonyl (C=O) groups excluding carboxylic acids is 1. The smallest absolute Gasteiger partial charge is 0.333 e. The number of esters is 1. The van der Waals surface area contributed by atoms with Crippen molar-refractivity contribution in [2.24, 2.45) is 10.2 Å². The maximum absolute atomic E-state index is 11.3. The molecule has 6 nitrogen and oxygen atoms in total. The molecule has 0 atom stereocenters. The number of unbranched alkanes of at least 4 members (excludes halogenated alkanes) is 3. The molecule has 0 bridgehead atoms. The summed E-state index contributed by atoms with van der Waals surface area (Å²) < 4.78 is 16.4. The summed E-state index contributed by atoms with van der Waals surface area (Å²) in [5, 5.41) is 8.71. The van der Waals surface area contributed by atoms with Gasteiger partial charge in [0.05, 0.1) is 31.2 Å². The number of ether oxygens (including phenoxy) is 3. The summed E-state index contributed by atoms with van der Waals surface area (Å²) in [6.07, 6.45) is 3.82. The molecule has 0 amide bonds. The standard InChI is InChI=1S/C33H36N2O4/c1-5-37-30-19-15-29(16-20-30)34-35-32-21-14-28(24-26(32)4)11-10-27-12-17-31(18-13-27)38-22-8-6-7-9-23-39-33(36)25(2)3/h12-21,24H,2,5-9,22-23H2,1,3-4H3. The van der Waals surface area contributed by atoms with Crippen molar-refractivity contribution in [3.63, 3.8) is 0 Å². The van der Waals surface area contributed by atoms with Gasteiger partial charge >= 0.3 is 5.97 Å². The maximum Gasteiger partial charge on any atom is 0.333 e. The molecule has 0 saturated carbocycles. The Hall–Kier alpha value is -4.37. The number of carbonyl (C=O) groups is 1. The minimum absolute atomic E-state index is 0.321. The van der Waals surface area contributed by atoms with E-state index < -0.39 is 0 Å². The molecule has 0 fully saturated rings. The predicted octanol–water partition coefficient (Wildman–Crippen LogP) is 8.27. The molecule has 3 rings (SSSR count). The van der Waals surface area contributed by atoms with E-state index in [9.17, 15) is 4.79 Å². The number of rotatable bonds is 13. The number of benzene rings is 3. The largest absolute Gasteiger partial charge is 0.494 e. The van der Waals surface area contributed by atoms with Gasteiger partial charge in [0.2, 0.25) is 0 Å². The third-order valence-electron chi connectivity index (χ3n) is 5.71. The van der Waals surface area contributed by atoms with Crippen LogP contribution < -0.4 is 9.47 Å². The summed E-state index contributed by atoms with van der Waals surface area (Å²) >= 11 is 0. The van der Waals surface area contributed by atoms with E-state index in [1.54, 1.807) is 6.92 Å². The van der Waals surface area contributed by atoms with Crippen molar-refractivity contribution >= 4 is 17.3 Å². The molecule has 0 saturated heterocycles. The first-order valence-corrected chi connectivity index (χ1v) is 13.3. The van der Waals surface area contributed by atoms with E-state index in [1.807, 2.05) is 80.6 Å². The van der Waals surface area contributed by atoms with Gasteiger partial charge in [-0.1, -0.05) is 18.4 Å². The molecule has 0 radical (unpaired) electrons. The Morgan fingerprint density at radius 2 is 1.41 bits per heavy atom. The minimum Gasteiger partial charge on any atom is -0.494 e. The van der Waals surface area contributed by atoms with Crippen molar-refractivity contribution in [3.8, 4) is 23.3 Å². The molecule has 0 aromatic heterocycles. The highest BCUT2D eigenvalue weighted by molar-refractivity contribution is 5.86. The summed E-state index contributed by atoms with van der Waals surface area (Å²) in [4.78, 5) is 11.3. The lowest BCUT2D eigenvalue weighted by molar-refractivity contribution is -0.139. The fourth-order valence-electron chi connectivity index (χ4n) is 3.55. The topological polar surface area (TPSA) is 69.5 Å². The van der Waals surface area contributed by atoms with Crippen LogP contribution in [0.3, 0.4) is 0 Å². The molecule has 39 heavy (non-hydrogen) atoms. The molecule has 0 spiro atoms. The lowest BCUT2D eigenvalue weighted by atomic mass is 10.1. The highest BCUT2D eigenvalue weighted by Gasteiger charge is 2.02. The third kappa shape index (κ3) is 10.5. The molecule has 0 unspecified atom stereocenters. The second kappa shape index (κ2) is 15.8. The molecule has 3 aromatic carbocycles. The molecule has 0 N–H and O–H groups in total. The Morgan fingerprint density at radius 3 is 2.08 bits per heavy atom. The number of aryl methyl sites for hydroxylation is 1. The van der Waals surface area contributed by atoms with Crippen molar-refractivity contribution in [2.75, 3.05) is 19.8 Å². The predicted molar refractivity (Wildman–Crippen MR) is 155 cm³/mol. The molecule has 0 aliphatic rings. The Kier molecular flexibility index (Phi) is 11.8. The summed E-state index contributed by atoms with van der Waals surface area (Å²) in [7, 11) is 0. The zero-order chi connectivity index (χ0) is 27.9. The summed E-state index contributed by atoms with van der Waals surface area (Å²) in [5.74, 6) is 7.75. The average molecular weight is 525 g/mol.